The Morgan fingerprint density at radius 3 is 1.45 bits per heavy atom. The van der Waals surface area contributed by atoms with Crippen LogP contribution in [0.5, 0.6) is 0 Å². The molecule has 5 rings (SSSR count). The molecule has 2 fully saturated rings. The van der Waals surface area contributed by atoms with E-state index >= 15 is 0 Å². The summed E-state index contributed by atoms with van der Waals surface area (Å²) in [5.41, 5.74) is 1.92. The van der Waals surface area contributed by atoms with Gasteiger partial charge in [-0.3, -0.25) is 19.4 Å². The molecule has 3 aromatic carbocycles. The van der Waals surface area contributed by atoms with E-state index in [2.05, 4.69) is 10.6 Å². The van der Waals surface area contributed by atoms with Gasteiger partial charge in [-0.15, -0.1) is 0 Å². The highest BCUT2D eigenvalue weighted by Crippen LogP contribution is 2.27. The monoisotopic (exact) mass is 733 g/mol. The molecule has 0 unspecified atom stereocenters. The van der Waals surface area contributed by atoms with Crippen LogP contribution in [0.1, 0.15) is 78.4 Å². The molecule has 4 amide bonds. The van der Waals surface area contributed by atoms with Gasteiger partial charge >= 0.3 is 12.2 Å². The fourth-order valence-corrected chi connectivity index (χ4v) is 6.36. The van der Waals surface area contributed by atoms with Crippen LogP contribution in [0.3, 0.4) is 0 Å². The van der Waals surface area contributed by atoms with Crippen molar-refractivity contribution in [2.24, 2.45) is 0 Å². The first kappa shape index (κ1) is 39.0. The Kier molecular flexibility index (Phi) is 11.9. The molecule has 0 spiro atoms. The first-order chi connectivity index (χ1) is 25.0. The average molecular weight is 734 g/mol. The number of likely N-dealkylation sites (tertiary alicyclic amines) is 2. The van der Waals surface area contributed by atoms with Crippen LogP contribution >= 0.6 is 0 Å². The van der Waals surface area contributed by atoms with E-state index in [0.29, 0.717) is 68.9 Å². The molecule has 2 aliphatic heterocycles. The third-order valence-electron chi connectivity index (χ3n) is 8.83. The lowest BCUT2D eigenvalue weighted by molar-refractivity contribution is -0.121. The van der Waals surface area contributed by atoms with Gasteiger partial charge in [-0.25, -0.2) is 18.4 Å². The third kappa shape index (κ3) is 10.7. The van der Waals surface area contributed by atoms with Crippen LogP contribution in [0.4, 0.5) is 35.4 Å². The second-order valence-electron chi connectivity index (χ2n) is 15.5. The van der Waals surface area contributed by atoms with E-state index in [1.54, 1.807) is 65.8 Å². The van der Waals surface area contributed by atoms with Crippen molar-refractivity contribution in [3.8, 4) is 0 Å². The van der Waals surface area contributed by atoms with Gasteiger partial charge in [0.25, 0.3) is 0 Å². The van der Waals surface area contributed by atoms with Gasteiger partial charge < -0.3 is 25.0 Å². The fourth-order valence-electron chi connectivity index (χ4n) is 6.36. The molecule has 2 atom stereocenters. The van der Waals surface area contributed by atoms with Crippen molar-refractivity contribution in [2.45, 2.75) is 104 Å². The summed E-state index contributed by atoms with van der Waals surface area (Å²) in [6, 6.07) is 16.9. The molecule has 0 aliphatic carbocycles. The molecule has 3 aromatic rings. The largest absolute Gasteiger partial charge is 0.444 e. The molecule has 0 radical (unpaired) electrons. The Morgan fingerprint density at radius 2 is 1.08 bits per heavy atom. The van der Waals surface area contributed by atoms with E-state index in [-0.39, 0.29) is 11.8 Å². The average Bonchev–Trinajstić information content (AvgIpc) is 3.77. The van der Waals surface area contributed by atoms with Gasteiger partial charge in [0.15, 0.2) is 11.6 Å². The number of carbonyl (C=O) groups excluding carboxylic acids is 4. The van der Waals surface area contributed by atoms with Crippen LogP contribution in [-0.4, -0.2) is 70.2 Å². The lowest BCUT2D eigenvalue weighted by Gasteiger charge is -2.28. The number of carbonyl (C=O) groups is 4. The Morgan fingerprint density at radius 1 is 0.660 bits per heavy atom. The summed E-state index contributed by atoms with van der Waals surface area (Å²) in [7, 11) is 0. The first-order valence-electron chi connectivity index (χ1n) is 17.9. The zero-order valence-corrected chi connectivity index (χ0v) is 31.2. The molecule has 2 heterocycles. The summed E-state index contributed by atoms with van der Waals surface area (Å²) < 4.78 is 39.3. The molecule has 13 heteroatoms. The summed E-state index contributed by atoms with van der Waals surface area (Å²) in [5.74, 6) is -2.52. The summed E-state index contributed by atoms with van der Waals surface area (Å²) in [4.78, 5) is 56.5. The standard InChI is InChI=1S/C40H49F2N5O6/c1-39(2,3)52-37(50)46-21-7-9-33(46)35(48)43-28-15-11-26(12-16-28)24-45(30-19-20-31(41)32(42)23-30)25-27-13-17-29(18-14-27)44-36(49)34-10-8-22-47(34)38(51)53-40(4,5)6/h11-20,23,33-34H,7-10,21-22,24-25H2,1-6H3,(H,43,48)(H,44,49)/t33-,34-/m0/s1. The molecule has 284 valence electrons. The van der Waals surface area contributed by atoms with Crippen LogP contribution in [0.2, 0.25) is 0 Å². The van der Waals surface area contributed by atoms with Crippen LogP contribution in [-0.2, 0) is 32.2 Å². The van der Waals surface area contributed by atoms with Crippen molar-refractivity contribution in [1.29, 1.82) is 0 Å². The number of amides is 4. The molecule has 11 nitrogen and oxygen atoms in total. The molecule has 0 aromatic heterocycles. The van der Waals surface area contributed by atoms with E-state index in [1.165, 1.54) is 15.9 Å². The highest BCUT2D eigenvalue weighted by molar-refractivity contribution is 5.97. The minimum Gasteiger partial charge on any atom is -0.444 e. The number of hydrogen-bond acceptors (Lipinski definition) is 7. The van der Waals surface area contributed by atoms with Gasteiger partial charge in [0.1, 0.15) is 23.3 Å². The van der Waals surface area contributed by atoms with Crippen molar-refractivity contribution in [1.82, 2.24) is 9.80 Å². The minimum absolute atomic E-state index is 0.298. The van der Waals surface area contributed by atoms with Gasteiger partial charge in [0, 0.05) is 49.3 Å². The maximum atomic E-state index is 14.4. The summed E-state index contributed by atoms with van der Waals surface area (Å²) in [6.07, 6.45) is 1.43. The molecule has 0 bridgehead atoms. The zero-order chi connectivity index (χ0) is 38.5. The second-order valence-corrected chi connectivity index (χ2v) is 15.5. The molecule has 2 saturated heterocycles. The Hall–Kier alpha value is -5.20. The van der Waals surface area contributed by atoms with Crippen LogP contribution in [0.15, 0.2) is 66.7 Å². The quantitative estimate of drug-likeness (QED) is 0.230. The van der Waals surface area contributed by atoms with Gasteiger partial charge in [-0.2, -0.15) is 0 Å². The van der Waals surface area contributed by atoms with E-state index in [9.17, 15) is 28.0 Å². The number of hydrogen-bond donors (Lipinski definition) is 2. The smallest absolute Gasteiger partial charge is 0.410 e. The number of nitrogens with zero attached hydrogens (tertiary/aromatic N) is 3. The van der Waals surface area contributed by atoms with Crippen molar-refractivity contribution >= 4 is 41.1 Å². The van der Waals surface area contributed by atoms with Crippen LogP contribution in [0, 0.1) is 11.6 Å². The molecule has 53 heavy (non-hydrogen) atoms. The second kappa shape index (κ2) is 16.2. The highest BCUT2D eigenvalue weighted by Gasteiger charge is 2.38. The van der Waals surface area contributed by atoms with E-state index in [1.807, 2.05) is 29.2 Å². The number of nitrogens with one attached hydrogen (secondary N) is 2. The predicted octanol–water partition coefficient (Wildman–Crippen LogP) is 7.85. The van der Waals surface area contributed by atoms with E-state index < -0.39 is 47.1 Å². The normalized spacial score (nSPS) is 17.4. The number of halogens is 2. The highest BCUT2D eigenvalue weighted by atomic mass is 19.2. The van der Waals surface area contributed by atoms with Gasteiger partial charge in [-0.1, -0.05) is 24.3 Å². The SMILES string of the molecule is CC(C)(C)OC(=O)N1CCC[C@H]1C(=O)Nc1ccc(CN(Cc2ccc(NC(=O)[C@@H]3CCCN3C(=O)OC(C)(C)C)cc2)c2ccc(F)c(F)c2)cc1. The summed E-state index contributed by atoms with van der Waals surface area (Å²) in [5, 5.41) is 5.80. The summed E-state index contributed by atoms with van der Waals surface area (Å²) >= 11 is 0. The van der Waals surface area contributed by atoms with Gasteiger partial charge in [0.2, 0.25) is 11.8 Å². The van der Waals surface area contributed by atoms with Crippen molar-refractivity contribution < 1.29 is 37.4 Å². The fraction of sp³-hybridized carbons (Fsp3) is 0.450. The van der Waals surface area contributed by atoms with Gasteiger partial charge in [0.05, 0.1) is 0 Å². The van der Waals surface area contributed by atoms with Crippen LogP contribution in [0.25, 0.3) is 0 Å². The summed E-state index contributed by atoms with van der Waals surface area (Å²) in [6.45, 7) is 12.2. The number of rotatable bonds is 9. The predicted molar refractivity (Wildman–Crippen MR) is 198 cm³/mol. The lowest BCUT2D eigenvalue weighted by Crippen LogP contribution is -2.45. The van der Waals surface area contributed by atoms with Crippen molar-refractivity contribution in [2.75, 3.05) is 28.6 Å². The number of anilines is 3. The third-order valence-corrected chi connectivity index (χ3v) is 8.83. The Bertz CT molecular complexity index is 1680. The van der Waals surface area contributed by atoms with Crippen molar-refractivity contribution in [3.05, 3.63) is 89.5 Å². The Balaban J connectivity index is 1.23. The minimum atomic E-state index is -0.969. The zero-order valence-electron chi connectivity index (χ0n) is 31.2. The lowest BCUT2D eigenvalue weighted by atomic mass is 10.1. The molecule has 2 aliphatic rings. The Labute approximate surface area is 309 Å². The molecule has 0 saturated carbocycles. The van der Waals surface area contributed by atoms with E-state index in [0.717, 1.165) is 23.3 Å². The van der Waals surface area contributed by atoms with Gasteiger partial charge in [-0.05, 0) is 115 Å². The number of benzene rings is 3. The van der Waals surface area contributed by atoms with Crippen molar-refractivity contribution in [3.63, 3.8) is 0 Å². The topological polar surface area (TPSA) is 121 Å². The maximum Gasteiger partial charge on any atom is 0.410 e. The van der Waals surface area contributed by atoms with E-state index in [4.69, 9.17) is 9.47 Å². The molecular weight excluding hydrogens is 684 g/mol. The number of ether oxygens (including phenoxy) is 2. The molecule has 2 N–H and O–H groups in total. The first-order valence-corrected chi connectivity index (χ1v) is 17.9. The maximum absolute atomic E-state index is 14.4. The molecular formula is C40H49F2N5O6. The van der Waals surface area contributed by atoms with Crippen LogP contribution < -0.4 is 15.5 Å².